The highest BCUT2D eigenvalue weighted by Gasteiger charge is 2.19. The maximum absolute atomic E-state index is 12.0. The van der Waals surface area contributed by atoms with E-state index in [1.54, 1.807) is 7.11 Å². The molecule has 5 heteroatoms. The largest absolute Gasteiger partial charge is 0.488 e. The van der Waals surface area contributed by atoms with E-state index in [4.69, 9.17) is 15.2 Å². The smallest absolute Gasteiger partial charge is 0.227 e. The summed E-state index contributed by atoms with van der Waals surface area (Å²) in [6.45, 7) is 0.324. The Bertz CT molecular complexity index is 455. The minimum Gasteiger partial charge on any atom is -0.488 e. The van der Waals surface area contributed by atoms with Crippen molar-refractivity contribution >= 4 is 11.6 Å². The second-order valence-corrected chi connectivity index (χ2v) is 5.37. The Morgan fingerprint density at radius 3 is 2.76 bits per heavy atom. The second-order valence-electron chi connectivity index (χ2n) is 5.37. The third-order valence-electron chi connectivity index (χ3n) is 3.77. The number of nitrogens with one attached hydrogen (secondary N) is 1. The summed E-state index contributed by atoms with van der Waals surface area (Å²) in [5, 5.41) is 2.88. The molecule has 0 aromatic heterocycles. The molecule has 3 N–H and O–H groups in total. The number of hydrogen-bond donors (Lipinski definition) is 2. The minimum atomic E-state index is -0.257. The van der Waals surface area contributed by atoms with Gasteiger partial charge in [0, 0.05) is 13.7 Å². The Morgan fingerprint density at radius 2 is 2.10 bits per heavy atom. The number of carbonyl (C=O) groups excluding carboxylic acids is 1. The molecule has 5 nitrogen and oxygen atoms in total. The summed E-state index contributed by atoms with van der Waals surface area (Å²) in [5.41, 5.74) is 6.24. The van der Waals surface area contributed by atoms with Gasteiger partial charge >= 0.3 is 0 Å². The maximum Gasteiger partial charge on any atom is 0.227 e. The minimum absolute atomic E-state index is 0.116. The van der Waals surface area contributed by atoms with Crippen LogP contribution in [0.4, 0.5) is 5.69 Å². The first-order valence-electron chi connectivity index (χ1n) is 7.51. The topological polar surface area (TPSA) is 73.6 Å². The van der Waals surface area contributed by atoms with Gasteiger partial charge < -0.3 is 20.5 Å². The average molecular weight is 292 g/mol. The number of hydrogen-bond acceptors (Lipinski definition) is 4. The lowest BCUT2D eigenvalue weighted by atomic mass is 10.2. The van der Waals surface area contributed by atoms with Gasteiger partial charge in [-0.3, -0.25) is 4.79 Å². The molecule has 2 rings (SSSR count). The molecule has 1 aromatic carbocycles. The summed E-state index contributed by atoms with van der Waals surface area (Å²) in [6.07, 6.45) is 4.84. The number of methoxy groups -OCH3 is 1. The van der Waals surface area contributed by atoms with Crippen molar-refractivity contribution in [3.8, 4) is 5.75 Å². The predicted octanol–water partition coefficient (Wildman–Crippen LogP) is 2.31. The van der Waals surface area contributed by atoms with Crippen LogP contribution in [0.5, 0.6) is 5.75 Å². The van der Waals surface area contributed by atoms with E-state index in [1.807, 2.05) is 24.3 Å². The van der Waals surface area contributed by atoms with Crippen molar-refractivity contribution in [3.63, 3.8) is 0 Å². The van der Waals surface area contributed by atoms with Crippen LogP contribution in [0.3, 0.4) is 0 Å². The molecular formula is C16H24N2O3. The number of nitrogens with two attached hydrogens (primary N) is 1. The van der Waals surface area contributed by atoms with E-state index in [0.717, 1.165) is 18.6 Å². The fourth-order valence-electron chi connectivity index (χ4n) is 2.53. The first kappa shape index (κ1) is 15.8. The van der Waals surface area contributed by atoms with Crippen LogP contribution in [-0.2, 0) is 9.53 Å². The van der Waals surface area contributed by atoms with Crippen LogP contribution in [0, 0.1) is 0 Å². The summed E-state index contributed by atoms with van der Waals surface area (Å²) in [4.78, 5) is 12.0. The normalized spacial score (nSPS) is 16.7. The number of para-hydroxylation sites is 2. The second kappa shape index (κ2) is 8.00. The van der Waals surface area contributed by atoms with E-state index in [-0.39, 0.29) is 24.5 Å². The molecule has 0 spiro atoms. The molecule has 1 atom stereocenters. The number of carbonyl (C=O) groups is 1. The quantitative estimate of drug-likeness (QED) is 0.809. The van der Waals surface area contributed by atoms with Gasteiger partial charge in [-0.25, -0.2) is 0 Å². The van der Waals surface area contributed by atoms with E-state index < -0.39 is 0 Å². The van der Waals surface area contributed by atoms with Gasteiger partial charge in [-0.1, -0.05) is 12.1 Å². The summed E-state index contributed by atoms with van der Waals surface area (Å²) in [6, 6.07) is 7.54. The molecule has 1 aliphatic carbocycles. The van der Waals surface area contributed by atoms with Crippen LogP contribution in [-0.4, -0.2) is 31.8 Å². The van der Waals surface area contributed by atoms with Crippen molar-refractivity contribution in [2.24, 2.45) is 5.73 Å². The van der Waals surface area contributed by atoms with Crippen LogP contribution in [0.15, 0.2) is 24.3 Å². The van der Waals surface area contributed by atoms with Crippen molar-refractivity contribution in [2.75, 3.05) is 19.0 Å². The molecule has 1 aromatic rings. The molecule has 0 radical (unpaired) electrons. The SMILES string of the molecule is COC(CN)CC(=O)Nc1ccccc1OC1CCCC1. The molecule has 0 heterocycles. The van der Waals surface area contributed by atoms with Crippen molar-refractivity contribution in [2.45, 2.75) is 44.3 Å². The predicted molar refractivity (Wildman–Crippen MR) is 82.4 cm³/mol. The van der Waals surface area contributed by atoms with E-state index in [9.17, 15) is 4.79 Å². The van der Waals surface area contributed by atoms with Crippen molar-refractivity contribution < 1.29 is 14.3 Å². The Hall–Kier alpha value is -1.59. The number of rotatable bonds is 7. The average Bonchev–Trinajstić information content (AvgIpc) is 3.00. The fourth-order valence-corrected chi connectivity index (χ4v) is 2.53. The zero-order valence-corrected chi connectivity index (χ0v) is 12.5. The van der Waals surface area contributed by atoms with Crippen molar-refractivity contribution in [3.05, 3.63) is 24.3 Å². The van der Waals surface area contributed by atoms with Crippen LogP contribution < -0.4 is 15.8 Å². The van der Waals surface area contributed by atoms with Crippen molar-refractivity contribution in [1.29, 1.82) is 0 Å². The lowest BCUT2D eigenvalue weighted by Gasteiger charge is -2.18. The van der Waals surface area contributed by atoms with E-state index in [1.165, 1.54) is 12.8 Å². The summed E-state index contributed by atoms with van der Waals surface area (Å²) >= 11 is 0. The first-order chi connectivity index (χ1) is 10.2. The van der Waals surface area contributed by atoms with E-state index >= 15 is 0 Å². The van der Waals surface area contributed by atoms with Gasteiger partial charge in [-0.15, -0.1) is 0 Å². The summed E-state index contributed by atoms with van der Waals surface area (Å²) in [5.74, 6) is 0.620. The Balaban J connectivity index is 1.97. The zero-order valence-electron chi connectivity index (χ0n) is 12.5. The van der Waals surface area contributed by atoms with E-state index in [2.05, 4.69) is 5.32 Å². The molecule has 1 amide bonds. The molecule has 21 heavy (non-hydrogen) atoms. The summed E-state index contributed by atoms with van der Waals surface area (Å²) in [7, 11) is 1.56. The van der Waals surface area contributed by atoms with Crippen LogP contribution in [0.2, 0.25) is 0 Å². The van der Waals surface area contributed by atoms with Gasteiger partial charge in [0.15, 0.2) is 0 Å². The highest BCUT2D eigenvalue weighted by molar-refractivity contribution is 5.92. The standard InChI is InChI=1S/C16H24N2O3/c1-20-13(11-17)10-16(19)18-14-8-4-5-9-15(14)21-12-6-2-3-7-12/h4-5,8-9,12-13H,2-3,6-7,10-11,17H2,1H3,(H,18,19). The van der Waals surface area contributed by atoms with Gasteiger partial charge in [-0.05, 0) is 37.8 Å². The molecule has 0 bridgehead atoms. The van der Waals surface area contributed by atoms with Crippen molar-refractivity contribution in [1.82, 2.24) is 0 Å². The number of anilines is 1. The van der Waals surface area contributed by atoms with Gasteiger partial charge in [0.2, 0.25) is 5.91 Å². The summed E-state index contributed by atoms with van der Waals surface area (Å²) < 4.78 is 11.1. The van der Waals surface area contributed by atoms with Gasteiger partial charge in [0.05, 0.1) is 24.3 Å². The monoisotopic (exact) mass is 292 g/mol. The Kier molecular flexibility index (Phi) is 6.02. The third kappa shape index (κ3) is 4.72. The molecule has 0 aliphatic heterocycles. The van der Waals surface area contributed by atoms with E-state index in [0.29, 0.717) is 12.2 Å². The first-order valence-corrected chi connectivity index (χ1v) is 7.51. The Labute approximate surface area is 125 Å². The Morgan fingerprint density at radius 1 is 1.38 bits per heavy atom. The number of amides is 1. The van der Waals surface area contributed by atoms with Crippen LogP contribution in [0.1, 0.15) is 32.1 Å². The molecular weight excluding hydrogens is 268 g/mol. The number of benzene rings is 1. The fraction of sp³-hybridized carbons (Fsp3) is 0.562. The lowest BCUT2D eigenvalue weighted by Crippen LogP contribution is -2.28. The molecule has 1 aliphatic rings. The van der Waals surface area contributed by atoms with Gasteiger partial charge in [-0.2, -0.15) is 0 Å². The highest BCUT2D eigenvalue weighted by Crippen LogP contribution is 2.29. The zero-order chi connectivity index (χ0) is 15.1. The lowest BCUT2D eigenvalue weighted by molar-refractivity contribution is -0.118. The molecule has 0 saturated heterocycles. The number of ether oxygens (including phenoxy) is 2. The molecule has 1 unspecified atom stereocenters. The van der Waals surface area contributed by atoms with Gasteiger partial charge in [0.25, 0.3) is 0 Å². The third-order valence-corrected chi connectivity index (χ3v) is 3.77. The van der Waals surface area contributed by atoms with Crippen LogP contribution in [0.25, 0.3) is 0 Å². The van der Waals surface area contributed by atoms with Gasteiger partial charge in [0.1, 0.15) is 5.75 Å². The molecule has 1 saturated carbocycles. The maximum atomic E-state index is 12.0. The molecule has 1 fully saturated rings. The highest BCUT2D eigenvalue weighted by atomic mass is 16.5. The van der Waals surface area contributed by atoms with Crippen LogP contribution >= 0.6 is 0 Å². The molecule has 116 valence electrons.